The van der Waals surface area contributed by atoms with Gasteiger partial charge in [-0.1, -0.05) is 11.2 Å². The lowest BCUT2D eigenvalue weighted by Crippen LogP contribution is -2.25. The molecule has 1 aromatic heterocycles. The first kappa shape index (κ1) is 16.5. The van der Waals surface area contributed by atoms with Crippen molar-refractivity contribution in [2.45, 2.75) is 6.42 Å². The number of hydrogen-bond acceptors (Lipinski definition) is 6. The molecule has 0 fully saturated rings. The highest BCUT2D eigenvalue weighted by atomic mass is 16.5. The van der Waals surface area contributed by atoms with E-state index in [1.54, 1.807) is 12.1 Å². The van der Waals surface area contributed by atoms with Gasteiger partial charge in [-0.05, 0) is 18.2 Å². The van der Waals surface area contributed by atoms with Gasteiger partial charge < -0.3 is 14.7 Å². The zero-order valence-corrected chi connectivity index (χ0v) is 12.9. The first-order chi connectivity index (χ1) is 11.0. The molecule has 0 bridgehead atoms. The van der Waals surface area contributed by atoms with Crippen molar-refractivity contribution in [1.82, 2.24) is 16.0 Å². The highest BCUT2D eigenvalue weighted by molar-refractivity contribution is 5.95. The van der Waals surface area contributed by atoms with Crippen molar-refractivity contribution in [2.24, 2.45) is 0 Å². The first-order valence-electron chi connectivity index (χ1n) is 6.97. The minimum Gasteiger partial charge on any atom is -0.378 e. The molecule has 2 aromatic rings. The number of carbonyl (C=O) groups excluding carboxylic acids is 2. The van der Waals surface area contributed by atoms with E-state index in [-0.39, 0.29) is 11.6 Å². The van der Waals surface area contributed by atoms with Gasteiger partial charge in [-0.3, -0.25) is 14.8 Å². The summed E-state index contributed by atoms with van der Waals surface area (Å²) in [4.78, 5) is 25.1. The number of carbonyl (C=O) groups is 2. The van der Waals surface area contributed by atoms with Crippen LogP contribution in [0.4, 0.5) is 5.69 Å². The molecule has 122 valence electrons. The third-order valence-electron chi connectivity index (χ3n) is 3.17. The lowest BCUT2D eigenvalue weighted by Gasteiger charge is -2.13. The Bertz CT molecular complexity index is 696. The average Bonchev–Trinajstić information content (AvgIpc) is 3.03. The Morgan fingerprint density at radius 1 is 1.26 bits per heavy atom. The second kappa shape index (κ2) is 7.41. The van der Waals surface area contributed by atoms with Crippen LogP contribution in [0.15, 0.2) is 34.9 Å². The molecule has 8 nitrogen and oxygen atoms in total. The molecule has 0 aliphatic rings. The third-order valence-corrected chi connectivity index (χ3v) is 3.17. The fourth-order valence-corrected chi connectivity index (χ4v) is 1.92. The number of amides is 2. The van der Waals surface area contributed by atoms with Crippen molar-refractivity contribution in [2.75, 3.05) is 25.5 Å². The molecule has 2 amide bonds. The van der Waals surface area contributed by atoms with E-state index in [1.807, 2.05) is 31.1 Å². The Labute approximate surface area is 133 Å². The van der Waals surface area contributed by atoms with Gasteiger partial charge >= 0.3 is 0 Å². The van der Waals surface area contributed by atoms with E-state index in [9.17, 15) is 9.59 Å². The first-order valence-corrected chi connectivity index (χ1v) is 6.97. The van der Waals surface area contributed by atoms with Gasteiger partial charge in [-0.15, -0.1) is 0 Å². The average molecular weight is 318 g/mol. The van der Waals surface area contributed by atoms with E-state index >= 15 is 0 Å². The van der Waals surface area contributed by atoms with Crippen LogP contribution in [0.1, 0.15) is 26.6 Å². The van der Waals surface area contributed by atoms with Crippen molar-refractivity contribution in [3.63, 3.8) is 0 Å². The zero-order valence-electron chi connectivity index (χ0n) is 12.9. The summed E-state index contributed by atoms with van der Waals surface area (Å²) in [6.45, 7) is 0.334. The van der Waals surface area contributed by atoms with E-state index < -0.39 is 5.91 Å². The molecule has 0 aliphatic heterocycles. The Morgan fingerprint density at radius 3 is 2.74 bits per heavy atom. The van der Waals surface area contributed by atoms with Crippen LogP contribution in [0.2, 0.25) is 0 Å². The molecular formula is C15H18N4O4. The van der Waals surface area contributed by atoms with Gasteiger partial charge in [0.05, 0.1) is 0 Å². The van der Waals surface area contributed by atoms with Gasteiger partial charge in [0.15, 0.2) is 5.69 Å². The monoisotopic (exact) mass is 318 g/mol. The molecule has 2 rings (SSSR count). The summed E-state index contributed by atoms with van der Waals surface area (Å²) in [5, 5.41) is 14.8. The van der Waals surface area contributed by atoms with Crippen molar-refractivity contribution in [1.29, 1.82) is 0 Å². The zero-order chi connectivity index (χ0) is 16.8. The van der Waals surface area contributed by atoms with Crippen LogP contribution < -0.4 is 15.7 Å². The van der Waals surface area contributed by atoms with E-state index in [0.29, 0.717) is 24.3 Å². The lowest BCUT2D eigenvalue weighted by molar-refractivity contribution is 0.0696. The quantitative estimate of drug-likeness (QED) is 0.538. The summed E-state index contributed by atoms with van der Waals surface area (Å²) >= 11 is 0. The summed E-state index contributed by atoms with van der Waals surface area (Å²) in [5.41, 5.74) is 2.95. The lowest BCUT2D eigenvalue weighted by atomic mass is 10.1. The number of benzene rings is 1. The molecular weight excluding hydrogens is 300 g/mol. The second-order valence-corrected chi connectivity index (χ2v) is 5.07. The van der Waals surface area contributed by atoms with E-state index in [2.05, 4.69) is 10.5 Å². The van der Waals surface area contributed by atoms with E-state index in [0.717, 1.165) is 5.69 Å². The SMILES string of the molecule is CN(C)c1cccc(C(=O)NCCc2cc(C(=O)NO)no2)c1. The maximum atomic E-state index is 12.1. The molecule has 3 N–H and O–H groups in total. The van der Waals surface area contributed by atoms with Crippen molar-refractivity contribution in [3.8, 4) is 0 Å². The Morgan fingerprint density at radius 2 is 2.04 bits per heavy atom. The largest absolute Gasteiger partial charge is 0.378 e. The number of nitrogens with zero attached hydrogens (tertiary/aromatic N) is 2. The molecule has 1 heterocycles. The standard InChI is InChI=1S/C15H18N4O4/c1-19(2)11-5-3-4-10(8-11)14(20)16-7-6-12-9-13(18-23-12)15(21)17-22/h3-5,8-9,22H,6-7H2,1-2H3,(H,16,20)(H,17,21). The molecule has 0 radical (unpaired) electrons. The van der Waals surface area contributed by atoms with Gasteiger partial charge in [0, 0.05) is 44.4 Å². The smallest absolute Gasteiger partial charge is 0.296 e. The molecule has 0 saturated carbocycles. The minimum absolute atomic E-state index is 0.0208. The summed E-state index contributed by atoms with van der Waals surface area (Å²) in [7, 11) is 3.81. The maximum absolute atomic E-state index is 12.1. The van der Waals surface area contributed by atoms with Crippen LogP contribution in [0.5, 0.6) is 0 Å². The molecule has 0 saturated heterocycles. The number of nitrogens with one attached hydrogen (secondary N) is 2. The van der Waals surface area contributed by atoms with Crippen LogP contribution in [-0.4, -0.2) is 42.8 Å². The molecule has 0 unspecified atom stereocenters. The van der Waals surface area contributed by atoms with Gasteiger partial charge in [-0.25, -0.2) is 5.48 Å². The normalized spacial score (nSPS) is 10.2. The third kappa shape index (κ3) is 4.30. The van der Waals surface area contributed by atoms with Gasteiger partial charge in [-0.2, -0.15) is 0 Å². The van der Waals surface area contributed by atoms with Gasteiger partial charge in [0.2, 0.25) is 0 Å². The van der Waals surface area contributed by atoms with Crippen LogP contribution in [0.25, 0.3) is 0 Å². The maximum Gasteiger partial charge on any atom is 0.296 e. The minimum atomic E-state index is -0.746. The fraction of sp³-hybridized carbons (Fsp3) is 0.267. The number of hydrogen-bond donors (Lipinski definition) is 3. The van der Waals surface area contributed by atoms with Gasteiger partial charge in [0.1, 0.15) is 5.76 Å². The molecule has 23 heavy (non-hydrogen) atoms. The predicted octanol–water partition coefficient (Wildman–Crippen LogP) is 0.832. The Balaban J connectivity index is 1.88. The van der Waals surface area contributed by atoms with Crippen LogP contribution in [0.3, 0.4) is 0 Å². The topological polar surface area (TPSA) is 108 Å². The van der Waals surface area contributed by atoms with Crippen molar-refractivity contribution in [3.05, 3.63) is 47.3 Å². The number of hydroxylamine groups is 1. The van der Waals surface area contributed by atoms with E-state index in [1.165, 1.54) is 11.5 Å². The predicted molar refractivity (Wildman–Crippen MR) is 82.6 cm³/mol. The summed E-state index contributed by atoms with van der Waals surface area (Å²) < 4.78 is 4.95. The van der Waals surface area contributed by atoms with Crippen molar-refractivity contribution >= 4 is 17.5 Å². The van der Waals surface area contributed by atoms with Gasteiger partial charge in [0.25, 0.3) is 11.8 Å². The molecule has 0 atom stereocenters. The number of aromatic nitrogens is 1. The number of rotatable bonds is 6. The summed E-state index contributed by atoms with van der Waals surface area (Å²) in [5.74, 6) is -0.503. The number of anilines is 1. The summed E-state index contributed by atoms with van der Waals surface area (Å²) in [6.07, 6.45) is 0.380. The Kier molecular flexibility index (Phi) is 5.32. The molecule has 0 spiro atoms. The Hall–Kier alpha value is -2.87. The highest BCUT2D eigenvalue weighted by Gasteiger charge is 2.12. The molecule has 1 aromatic carbocycles. The van der Waals surface area contributed by atoms with E-state index in [4.69, 9.17) is 9.73 Å². The van der Waals surface area contributed by atoms with Crippen LogP contribution in [-0.2, 0) is 6.42 Å². The highest BCUT2D eigenvalue weighted by Crippen LogP contribution is 2.13. The molecule has 0 aliphatic carbocycles. The van der Waals surface area contributed by atoms with Crippen LogP contribution in [0, 0.1) is 0 Å². The molecule has 8 heteroatoms. The van der Waals surface area contributed by atoms with Crippen molar-refractivity contribution < 1.29 is 19.3 Å². The summed E-state index contributed by atoms with van der Waals surface area (Å²) in [6, 6.07) is 8.68. The van der Waals surface area contributed by atoms with Crippen LogP contribution >= 0.6 is 0 Å². The second-order valence-electron chi connectivity index (χ2n) is 5.07. The fourth-order valence-electron chi connectivity index (χ4n) is 1.92.